The van der Waals surface area contributed by atoms with Gasteiger partial charge in [-0.1, -0.05) is 6.07 Å². The summed E-state index contributed by atoms with van der Waals surface area (Å²) < 4.78 is 5.49. The highest BCUT2D eigenvalue weighted by molar-refractivity contribution is 5.85. The number of aryl methyl sites for hydroxylation is 2. The number of aliphatic hydroxyl groups is 1. The standard InChI is InChI=1S/C13H15NO2/c1-9-7-11-4-3-10(2)14-13(11)12(8-9)16-6-5-15/h3-4,7-8,15H,5-6H2,1-2H3. The van der Waals surface area contributed by atoms with Gasteiger partial charge in [0, 0.05) is 11.1 Å². The van der Waals surface area contributed by atoms with Gasteiger partial charge in [-0.2, -0.15) is 0 Å². The highest BCUT2D eigenvalue weighted by Crippen LogP contribution is 2.26. The fourth-order valence-corrected chi connectivity index (χ4v) is 1.71. The minimum atomic E-state index is 0.0151. The topological polar surface area (TPSA) is 42.4 Å². The molecule has 0 fully saturated rings. The van der Waals surface area contributed by atoms with E-state index in [1.54, 1.807) is 0 Å². The zero-order valence-corrected chi connectivity index (χ0v) is 9.53. The second-order valence-electron chi connectivity index (χ2n) is 3.86. The lowest BCUT2D eigenvalue weighted by Crippen LogP contribution is -2.03. The predicted octanol–water partition coefficient (Wildman–Crippen LogP) is 2.22. The molecule has 16 heavy (non-hydrogen) atoms. The molecule has 2 rings (SSSR count). The van der Waals surface area contributed by atoms with Crippen LogP contribution in [0.25, 0.3) is 10.9 Å². The lowest BCUT2D eigenvalue weighted by atomic mass is 10.1. The molecule has 0 saturated carbocycles. The number of hydrogen-bond acceptors (Lipinski definition) is 3. The second-order valence-corrected chi connectivity index (χ2v) is 3.86. The number of rotatable bonds is 3. The summed E-state index contributed by atoms with van der Waals surface area (Å²) in [5, 5.41) is 9.85. The molecule has 3 nitrogen and oxygen atoms in total. The van der Waals surface area contributed by atoms with Crippen molar-refractivity contribution in [2.24, 2.45) is 0 Å². The van der Waals surface area contributed by atoms with E-state index >= 15 is 0 Å². The van der Waals surface area contributed by atoms with Gasteiger partial charge in [0.1, 0.15) is 17.9 Å². The van der Waals surface area contributed by atoms with Crippen molar-refractivity contribution in [1.29, 1.82) is 0 Å². The van der Waals surface area contributed by atoms with Gasteiger partial charge in [-0.15, -0.1) is 0 Å². The first-order valence-corrected chi connectivity index (χ1v) is 5.32. The summed E-state index contributed by atoms with van der Waals surface area (Å²) in [7, 11) is 0. The quantitative estimate of drug-likeness (QED) is 0.857. The Hall–Kier alpha value is -1.61. The van der Waals surface area contributed by atoms with Gasteiger partial charge >= 0.3 is 0 Å². The maximum Gasteiger partial charge on any atom is 0.145 e. The molecule has 0 saturated heterocycles. The van der Waals surface area contributed by atoms with Gasteiger partial charge in [-0.25, -0.2) is 4.98 Å². The number of ether oxygens (including phenoxy) is 1. The van der Waals surface area contributed by atoms with Crippen LogP contribution in [0, 0.1) is 13.8 Å². The molecule has 0 amide bonds. The predicted molar refractivity (Wildman–Crippen MR) is 63.8 cm³/mol. The normalized spacial score (nSPS) is 10.7. The number of fused-ring (bicyclic) bond motifs is 1. The van der Waals surface area contributed by atoms with Crippen LogP contribution in [0.3, 0.4) is 0 Å². The molecule has 1 N–H and O–H groups in total. The zero-order chi connectivity index (χ0) is 11.5. The molecule has 84 valence electrons. The SMILES string of the molecule is Cc1cc(OCCO)c2nc(C)ccc2c1. The molecule has 0 unspecified atom stereocenters. The van der Waals surface area contributed by atoms with E-state index in [-0.39, 0.29) is 6.61 Å². The molecule has 1 heterocycles. The van der Waals surface area contributed by atoms with Gasteiger partial charge in [-0.05, 0) is 37.6 Å². The Morgan fingerprint density at radius 3 is 2.81 bits per heavy atom. The third kappa shape index (κ3) is 2.14. The first kappa shape index (κ1) is 10.9. The lowest BCUT2D eigenvalue weighted by molar-refractivity contribution is 0.202. The minimum Gasteiger partial charge on any atom is -0.489 e. The van der Waals surface area contributed by atoms with E-state index in [4.69, 9.17) is 9.84 Å². The summed E-state index contributed by atoms with van der Waals surface area (Å²) in [5.74, 6) is 0.743. The lowest BCUT2D eigenvalue weighted by Gasteiger charge is -2.09. The Morgan fingerprint density at radius 2 is 2.06 bits per heavy atom. The van der Waals surface area contributed by atoms with Gasteiger partial charge in [0.15, 0.2) is 0 Å². The average Bonchev–Trinajstić information content (AvgIpc) is 2.26. The molecule has 1 aromatic carbocycles. The maximum absolute atomic E-state index is 8.78. The third-order valence-corrected chi connectivity index (χ3v) is 2.39. The van der Waals surface area contributed by atoms with Gasteiger partial charge in [0.25, 0.3) is 0 Å². The number of benzene rings is 1. The van der Waals surface area contributed by atoms with Crippen LogP contribution in [0.1, 0.15) is 11.3 Å². The average molecular weight is 217 g/mol. The first-order valence-electron chi connectivity index (χ1n) is 5.32. The van der Waals surface area contributed by atoms with Crippen LogP contribution in [0.2, 0.25) is 0 Å². The van der Waals surface area contributed by atoms with E-state index in [9.17, 15) is 0 Å². The van der Waals surface area contributed by atoms with E-state index < -0.39 is 0 Å². The van der Waals surface area contributed by atoms with Crippen LogP contribution in [-0.4, -0.2) is 23.3 Å². The summed E-state index contributed by atoms with van der Waals surface area (Å²) >= 11 is 0. The summed E-state index contributed by atoms with van der Waals surface area (Å²) in [6.45, 7) is 4.29. The van der Waals surface area contributed by atoms with Crippen LogP contribution in [0.5, 0.6) is 5.75 Å². The Labute approximate surface area is 94.7 Å². The van der Waals surface area contributed by atoms with Gasteiger partial charge < -0.3 is 9.84 Å². The van der Waals surface area contributed by atoms with Crippen LogP contribution in [-0.2, 0) is 0 Å². The van der Waals surface area contributed by atoms with Crippen molar-refractivity contribution in [1.82, 2.24) is 4.98 Å². The van der Waals surface area contributed by atoms with Crippen molar-refractivity contribution >= 4 is 10.9 Å². The number of aromatic nitrogens is 1. The monoisotopic (exact) mass is 217 g/mol. The smallest absolute Gasteiger partial charge is 0.145 e. The molecule has 2 aromatic rings. The summed E-state index contributed by atoms with van der Waals surface area (Å²) in [6, 6.07) is 8.05. The van der Waals surface area contributed by atoms with Crippen molar-refractivity contribution < 1.29 is 9.84 Å². The van der Waals surface area contributed by atoms with Crippen LogP contribution in [0.15, 0.2) is 24.3 Å². The number of hydrogen-bond donors (Lipinski definition) is 1. The zero-order valence-electron chi connectivity index (χ0n) is 9.53. The molecule has 0 radical (unpaired) electrons. The van der Waals surface area contributed by atoms with Crippen LogP contribution < -0.4 is 4.74 Å². The molecule has 0 aliphatic rings. The van der Waals surface area contributed by atoms with E-state index in [2.05, 4.69) is 11.1 Å². The van der Waals surface area contributed by atoms with Gasteiger partial charge in [0.05, 0.1) is 6.61 Å². The molecule has 3 heteroatoms. The summed E-state index contributed by atoms with van der Waals surface area (Å²) in [4.78, 5) is 4.46. The number of pyridine rings is 1. The first-order chi connectivity index (χ1) is 7.70. The Bertz CT molecular complexity index is 509. The maximum atomic E-state index is 8.78. The molecule has 0 aliphatic heterocycles. The molecule has 0 bridgehead atoms. The highest BCUT2D eigenvalue weighted by Gasteiger charge is 2.05. The van der Waals surface area contributed by atoms with Crippen molar-refractivity contribution in [2.45, 2.75) is 13.8 Å². The van der Waals surface area contributed by atoms with Crippen LogP contribution >= 0.6 is 0 Å². The Morgan fingerprint density at radius 1 is 1.25 bits per heavy atom. The fraction of sp³-hybridized carbons (Fsp3) is 0.308. The van der Waals surface area contributed by atoms with E-state index in [1.165, 1.54) is 0 Å². The Kier molecular flexibility index (Phi) is 3.06. The molecule has 0 aliphatic carbocycles. The number of aliphatic hydroxyl groups excluding tert-OH is 1. The van der Waals surface area contributed by atoms with E-state index in [0.717, 1.165) is 27.9 Å². The van der Waals surface area contributed by atoms with Crippen molar-refractivity contribution in [3.8, 4) is 5.75 Å². The molecule has 0 spiro atoms. The summed E-state index contributed by atoms with van der Waals surface area (Å²) in [6.07, 6.45) is 0. The molecular formula is C13H15NO2. The van der Waals surface area contributed by atoms with Crippen molar-refractivity contribution in [3.05, 3.63) is 35.5 Å². The van der Waals surface area contributed by atoms with Crippen molar-refractivity contribution in [3.63, 3.8) is 0 Å². The minimum absolute atomic E-state index is 0.0151. The summed E-state index contributed by atoms with van der Waals surface area (Å²) in [5.41, 5.74) is 2.95. The number of nitrogens with zero attached hydrogens (tertiary/aromatic N) is 1. The molecular weight excluding hydrogens is 202 g/mol. The van der Waals surface area contributed by atoms with E-state index in [1.807, 2.05) is 32.0 Å². The van der Waals surface area contributed by atoms with Crippen LogP contribution in [0.4, 0.5) is 0 Å². The highest BCUT2D eigenvalue weighted by atomic mass is 16.5. The van der Waals surface area contributed by atoms with Crippen molar-refractivity contribution in [2.75, 3.05) is 13.2 Å². The third-order valence-electron chi connectivity index (χ3n) is 2.39. The molecule has 1 aromatic heterocycles. The van der Waals surface area contributed by atoms with E-state index in [0.29, 0.717) is 6.61 Å². The molecule has 0 atom stereocenters. The Balaban J connectivity index is 2.55. The van der Waals surface area contributed by atoms with Gasteiger partial charge in [-0.3, -0.25) is 0 Å². The van der Waals surface area contributed by atoms with Gasteiger partial charge in [0.2, 0.25) is 0 Å². The largest absolute Gasteiger partial charge is 0.489 e. The second kappa shape index (κ2) is 4.49. The fourth-order valence-electron chi connectivity index (χ4n) is 1.71.